The molecule has 0 aliphatic carbocycles. The molecule has 3 aromatic carbocycles. The number of aliphatic imine (C=N–C) groups is 1. The Balaban J connectivity index is 1.62. The zero-order valence-corrected chi connectivity index (χ0v) is 22.0. The number of ether oxygens (including phenoxy) is 1. The summed E-state index contributed by atoms with van der Waals surface area (Å²) >= 11 is 1.30. The van der Waals surface area contributed by atoms with Crippen molar-refractivity contribution < 1.29 is 14.3 Å². The number of hydrogen-bond acceptors (Lipinski definition) is 6. The molecule has 4 rings (SSSR count). The summed E-state index contributed by atoms with van der Waals surface area (Å²) in [6.45, 7) is 6.25. The Morgan fingerprint density at radius 3 is 2.30 bits per heavy atom. The van der Waals surface area contributed by atoms with Gasteiger partial charge in [0.25, 0.3) is 0 Å². The van der Waals surface area contributed by atoms with E-state index in [9.17, 15) is 9.59 Å². The third kappa shape index (κ3) is 6.49. The van der Waals surface area contributed by atoms with Gasteiger partial charge in [0.15, 0.2) is 5.17 Å². The van der Waals surface area contributed by atoms with Gasteiger partial charge in [0.05, 0.1) is 23.6 Å². The van der Waals surface area contributed by atoms with Crippen molar-refractivity contribution in [3.63, 3.8) is 0 Å². The molecule has 1 aliphatic rings. The molecule has 0 unspecified atom stereocenters. The van der Waals surface area contributed by atoms with E-state index < -0.39 is 12.0 Å². The van der Waals surface area contributed by atoms with E-state index in [1.165, 1.54) is 11.8 Å². The highest BCUT2D eigenvalue weighted by Crippen LogP contribution is 2.36. The van der Waals surface area contributed by atoms with E-state index in [2.05, 4.69) is 24.5 Å². The number of carbonyl (C=O) groups excluding carboxylic acids is 2. The normalized spacial score (nSPS) is 15.1. The Bertz CT molecular complexity index is 1300. The van der Waals surface area contributed by atoms with Crippen LogP contribution in [0.2, 0.25) is 0 Å². The molecule has 0 fully saturated rings. The van der Waals surface area contributed by atoms with Gasteiger partial charge in [0.2, 0.25) is 5.91 Å². The van der Waals surface area contributed by atoms with Gasteiger partial charge in [0, 0.05) is 5.69 Å². The van der Waals surface area contributed by atoms with E-state index in [0.29, 0.717) is 22.4 Å². The third-order valence-electron chi connectivity index (χ3n) is 5.89. The minimum Gasteiger partial charge on any atom is -0.463 e. The van der Waals surface area contributed by atoms with Crippen LogP contribution < -0.4 is 10.6 Å². The summed E-state index contributed by atoms with van der Waals surface area (Å²) in [5.74, 6) is -0.0878. The van der Waals surface area contributed by atoms with E-state index in [1.807, 2.05) is 84.9 Å². The summed E-state index contributed by atoms with van der Waals surface area (Å²) in [5.41, 5.74) is 4.70. The maximum atomic E-state index is 13.2. The summed E-state index contributed by atoms with van der Waals surface area (Å²) in [6.07, 6.45) is 0. The molecular weight excluding hydrogens is 482 g/mol. The number of carbonyl (C=O) groups is 2. The van der Waals surface area contributed by atoms with Gasteiger partial charge in [-0.25, -0.2) is 9.79 Å². The lowest BCUT2D eigenvalue weighted by Gasteiger charge is -2.27. The SMILES string of the molecule is CCOC(=O)C1=C(c2ccccc2)NC(SCC(=O)Nc2ccccc2C(C)C)=N[C@H]1c1ccccc1. The third-order valence-corrected chi connectivity index (χ3v) is 6.78. The summed E-state index contributed by atoms with van der Waals surface area (Å²) < 4.78 is 5.44. The van der Waals surface area contributed by atoms with Gasteiger partial charge in [0.1, 0.15) is 6.04 Å². The molecule has 3 aromatic rings. The van der Waals surface area contributed by atoms with Crippen LogP contribution in [0.15, 0.2) is 95.5 Å². The van der Waals surface area contributed by atoms with E-state index in [0.717, 1.165) is 22.4 Å². The minimum absolute atomic E-state index is 0.125. The van der Waals surface area contributed by atoms with E-state index >= 15 is 0 Å². The summed E-state index contributed by atoms with van der Waals surface area (Å²) in [6, 6.07) is 26.6. The number of anilines is 1. The van der Waals surface area contributed by atoms with Gasteiger partial charge in [-0.2, -0.15) is 0 Å². The lowest BCUT2D eigenvalue weighted by atomic mass is 9.94. The molecule has 1 atom stereocenters. The molecule has 0 aromatic heterocycles. The highest BCUT2D eigenvalue weighted by Gasteiger charge is 2.32. The van der Waals surface area contributed by atoms with Crippen LogP contribution in [0.25, 0.3) is 5.70 Å². The minimum atomic E-state index is -0.566. The molecule has 0 bridgehead atoms. The second-order valence-corrected chi connectivity index (χ2v) is 9.79. The van der Waals surface area contributed by atoms with Gasteiger partial charge in [-0.05, 0) is 35.6 Å². The second kappa shape index (κ2) is 12.4. The first-order chi connectivity index (χ1) is 18.0. The largest absolute Gasteiger partial charge is 0.463 e. The number of thioether (sulfide) groups is 1. The highest BCUT2D eigenvalue weighted by molar-refractivity contribution is 8.14. The van der Waals surface area contributed by atoms with Crippen LogP contribution in [0.1, 0.15) is 49.4 Å². The van der Waals surface area contributed by atoms with E-state index in [1.54, 1.807) is 6.92 Å². The molecule has 6 nitrogen and oxygen atoms in total. The average molecular weight is 514 g/mol. The molecule has 2 N–H and O–H groups in total. The average Bonchev–Trinajstić information content (AvgIpc) is 2.92. The van der Waals surface area contributed by atoms with Crippen LogP contribution in [-0.2, 0) is 14.3 Å². The summed E-state index contributed by atoms with van der Waals surface area (Å²) in [5, 5.41) is 6.91. The lowest BCUT2D eigenvalue weighted by Crippen LogP contribution is -2.31. The predicted octanol–water partition coefficient (Wildman–Crippen LogP) is 6.16. The molecule has 0 radical (unpaired) electrons. The first kappa shape index (κ1) is 26.2. The number of esters is 1. The second-order valence-electron chi connectivity index (χ2n) is 8.83. The number of nitrogens with zero attached hydrogens (tertiary/aromatic N) is 1. The van der Waals surface area contributed by atoms with Crippen molar-refractivity contribution in [1.29, 1.82) is 0 Å². The zero-order chi connectivity index (χ0) is 26.2. The van der Waals surface area contributed by atoms with Crippen molar-refractivity contribution in [2.24, 2.45) is 4.99 Å². The number of nitrogens with one attached hydrogen (secondary N) is 2. The van der Waals surface area contributed by atoms with Gasteiger partial charge in [-0.15, -0.1) is 0 Å². The fourth-order valence-electron chi connectivity index (χ4n) is 4.16. The maximum Gasteiger partial charge on any atom is 0.338 e. The molecule has 1 amide bonds. The first-order valence-electron chi connectivity index (χ1n) is 12.4. The standard InChI is InChI=1S/C30H31N3O3S/c1-4-36-29(35)26-27(21-13-7-5-8-14-21)32-30(33-28(26)22-15-9-6-10-16-22)37-19-25(34)31-24-18-12-11-17-23(24)20(2)3/h5-18,20,27H,4,19H2,1-3H3,(H,31,34)(H,32,33)/t27-/m0/s1. The van der Waals surface area contributed by atoms with Crippen molar-refractivity contribution >= 4 is 40.2 Å². The van der Waals surface area contributed by atoms with Crippen LogP contribution in [-0.4, -0.2) is 29.4 Å². The topological polar surface area (TPSA) is 79.8 Å². The Kier molecular flexibility index (Phi) is 8.80. The number of hydrogen-bond donors (Lipinski definition) is 2. The fourth-order valence-corrected chi connectivity index (χ4v) is 4.86. The molecule has 190 valence electrons. The molecule has 1 heterocycles. The van der Waals surface area contributed by atoms with Gasteiger partial charge >= 0.3 is 5.97 Å². The molecule has 0 saturated heterocycles. The number of para-hydroxylation sites is 1. The van der Waals surface area contributed by atoms with Gasteiger partial charge in [-0.1, -0.05) is 104 Å². The first-order valence-corrected chi connectivity index (χ1v) is 13.3. The molecule has 1 aliphatic heterocycles. The van der Waals surface area contributed by atoms with Crippen molar-refractivity contribution in [2.75, 3.05) is 17.7 Å². The highest BCUT2D eigenvalue weighted by atomic mass is 32.2. The summed E-state index contributed by atoms with van der Waals surface area (Å²) in [7, 11) is 0. The molecule has 0 saturated carbocycles. The van der Waals surface area contributed by atoms with Crippen LogP contribution in [0.4, 0.5) is 5.69 Å². The monoisotopic (exact) mass is 513 g/mol. The molecule has 0 spiro atoms. The van der Waals surface area contributed by atoms with Crippen LogP contribution in [0.3, 0.4) is 0 Å². The van der Waals surface area contributed by atoms with Crippen molar-refractivity contribution in [1.82, 2.24) is 5.32 Å². The Morgan fingerprint density at radius 1 is 0.973 bits per heavy atom. The number of rotatable bonds is 8. The number of amides is 1. The van der Waals surface area contributed by atoms with Crippen LogP contribution in [0.5, 0.6) is 0 Å². The van der Waals surface area contributed by atoms with E-state index in [4.69, 9.17) is 9.73 Å². The zero-order valence-electron chi connectivity index (χ0n) is 21.2. The van der Waals surface area contributed by atoms with Crippen molar-refractivity contribution in [3.8, 4) is 0 Å². The van der Waals surface area contributed by atoms with Gasteiger partial charge in [-0.3, -0.25) is 4.79 Å². The lowest BCUT2D eigenvalue weighted by molar-refractivity contribution is -0.138. The predicted molar refractivity (Wildman–Crippen MR) is 151 cm³/mol. The Hall–Kier alpha value is -3.84. The fraction of sp³-hybridized carbons (Fsp3) is 0.233. The van der Waals surface area contributed by atoms with Crippen molar-refractivity contribution in [3.05, 3.63) is 107 Å². The van der Waals surface area contributed by atoms with E-state index in [-0.39, 0.29) is 18.3 Å². The maximum absolute atomic E-state index is 13.2. The van der Waals surface area contributed by atoms with Crippen molar-refractivity contribution in [2.45, 2.75) is 32.7 Å². The smallest absolute Gasteiger partial charge is 0.338 e. The van der Waals surface area contributed by atoms with Crippen LogP contribution in [0, 0.1) is 0 Å². The number of amidine groups is 1. The molecule has 37 heavy (non-hydrogen) atoms. The number of benzene rings is 3. The van der Waals surface area contributed by atoms with Crippen LogP contribution >= 0.6 is 11.8 Å². The Labute approximate surface area is 222 Å². The Morgan fingerprint density at radius 2 is 1.62 bits per heavy atom. The molecular formula is C30H31N3O3S. The van der Waals surface area contributed by atoms with Gasteiger partial charge < -0.3 is 15.4 Å². The quantitative estimate of drug-likeness (QED) is 0.353. The summed E-state index contributed by atoms with van der Waals surface area (Å²) in [4.78, 5) is 30.9. The molecule has 7 heteroatoms.